The molecule has 1 N–H and O–H groups in total. The highest BCUT2D eigenvalue weighted by Crippen LogP contribution is 2.29. The largest absolute Gasteiger partial charge is 0.416 e. The molecule has 98 valence electrons. The van der Waals surface area contributed by atoms with Crippen molar-refractivity contribution in [2.45, 2.75) is 13.1 Å². The first-order valence-electron chi connectivity index (χ1n) is 5.03. The number of alkyl halides is 3. The molecule has 0 radical (unpaired) electrons. The van der Waals surface area contributed by atoms with Crippen LogP contribution in [-0.2, 0) is 15.8 Å². The van der Waals surface area contributed by atoms with Gasteiger partial charge in [-0.05, 0) is 30.2 Å². The van der Waals surface area contributed by atoms with Crippen molar-refractivity contribution in [3.63, 3.8) is 0 Å². The van der Waals surface area contributed by atoms with Crippen molar-refractivity contribution >= 4 is 11.5 Å². The van der Waals surface area contributed by atoms with Gasteiger partial charge in [0, 0.05) is 6.08 Å². The number of nitrogens with one attached hydrogen (secondary N) is 1. The molecule has 0 atom stereocenters. The maximum absolute atomic E-state index is 12.3. The fourth-order valence-electron chi connectivity index (χ4n) is 1.33. The minimum atomic E-state index is -4.36. The monoisotopic (exact) mass is 259 g/mol. The molecule has 0 aliphatic rings. The fraction of sp³-hybridized carbons (Fsp3) is 0.250. The van der Waals surface area contributed by atoms with Gasteiger partial charge in [-0.15, -0.1) is 0 Å². The molecule has 3 nitrogen and oxygen atoms in total. The molecular weight excluding hydrogens is 247 g/mol. The van der Waals surface area contributed by atoms with Crippen LogP contribution in [0.1, 0.15) is 18.1 Å². The second-order valence-corrected chi connectivity index (χ2v) is 3.57. The molecule has 1 amide bonds. The van der Waals surface area contributed by atoms with Crippen LogP contribution in [0.3, 0.4) is 0 Å². The van der Waals surface area contributed by atoms with E-state index in [1.165, 1.54) is 25.3 Å². The third-order valence-corrected chi connectivity index (χ3v) is 2.22. The van der Waals surface area contributed by atoms with E-state index < -0.39 is 17.6 Å². The summed E-state index contributed by atoms with van der Waals surface area (Å²) < 4.78 is 37.0. The maximum atomic E-state index is 12.3. The highest BCUT2D eigenvalue weighted by Gasteiger charge is 2.29. The second kappa shape index (κ2) is 5.68. The van der Waals surface area contributed by atoms with Crippen LogP contribution < -0.4 is 5.48 Å². The Morgan fingerprint density at radius 1 is 1.28 bits per heavy atom. The molecule has 0 spiro atoms. The first kappa shape index (κ1) is 14.2. The van der Waals surface area contributed by atoms with Crippen LogP contribution in [0.5, 0.6) is 0 Å². The molecule has 18 heavy (non-hydrogen) atoms. The fourth-order valence-corrected chi connectivity index (χ4v) is 1.33. The quantitative estimate of drug-likeness (QED) is 0.669. The summed E-state index contributed by atoms with van der Waals surface area (Å²) in [6.45, 7) is 1.62. The molecule has 1 rings (SSSR count). The van der Waals surface area contributed by atoms with Crippen molar-refractivity contribution in [3.8, 4) is 0 Å². The molecule has 0 saturated heterocycles. The van der Waals surface area contributed by atoms with Crippen molar-refractivity contribution in [3.05, 3.63) is 41.5 Å². The summed E-state index contributed by atoms with van der Waals surface area (Å²) in [4.78, 5) is 15.6. The zero-order chi connectivity index (χ0) is 13.8. The lowest BCUT2D eigenvalue weighted by Crippen LogP contribution is -2.19. The molecule has 0 aliphatic heterocycles. The van der Waals surface area contributed by atoms with Crippen LogP contribution in [-0.4, -0.2) is 13.0 Å². The zero-order valence-electron chi connectivity index (χ0n) is 9.84. The van der Waals surface area contributed by atoms with Gasteiger partial charge in [0.05, 0.1) is 12.7 Å². The molecule has 0 saturated carbocycles. The SMILES string of the molecule is CONC(=O)C=C(C)c1ccc(C(F)(F)F)cc1. The molecule has 0 heterocycles. The summed E-state index contributed by atoms with van der Waals surface area (Å²) in [6, 6.07) is 4.57. The molecule has 0 bridgehead atoms. The Morgan fingerprint density at radius 3 is 2.28 bits per heavy atom. The third-order valence-electron chi connectivity index (χ3n) is 2.22. The standard InChI is InChI=1S/C12H12F3NO2/c1-8(7-11(17)16-18-2)9-3-5-10(6-4-9)12(13,14)15/h3-7H,1-2H3,(H,16,17). The number of hydroxylamine groups is 1. The van der Waals surface area contributed by atoms with Gasteiger partial charge in [-0.1, -0.05) is 12.1 Å². The summed E-state index contributed by atoms with van der Waals surface area (Å²) >= 11 is 0. The lowest BCUT2D eigenvalue weighted by Gasteiger charge is -2.07. The molecule has 1 aromatic carbocycles. The number of hydrogen-bond acceptors (Lipinski definition) is 2. The van der Waals surface area contributed by atoms with Gasteiger partial charge in [0.25, 0.3) is 5.91 Å². The Hall–Kier alpha value is -1.82. The van der Waals surface area contributed by atoms with E-state index in [9.17, 15) is 18.0 Å². The van der Waals surface area contributed by atoms with Gasteiger partial charge in [0.1, 0.15) is 0 Å². The van der Waals surface area contributed by atoms with Crippen molar-refractivity contribution in [2.24, 2.45) is 0 Å². The molecule has 0 unspecified atom stereocenters. The summed E-state index contributed by atoms with van der Waals surface area (Å²) in [6.07, 6.45) is -3.12. The molecule has 0 aromatic heterocycles. The number of hydrogen-bond donors (Lipinski definition) is 1. The van der Waals surface area contributed by atoms with Gasteiger partial charge in [-0.3, -0.25) is 9.63 Å². The summed E-state index contributed by atoms with van der Waals surface area (Å²) in [7, 11) is 1.29. The number of allylic oxidation sites excluding steroid dienone is 1. The highest BCUT2D eigenvalue weighted by molar-refractivity contribution is 5.94. The van der Waals surface area contributed by atoms with Crippen LogP contribution in [0.15, 0.2) is 30.3 Å². The molecule has 1 aromatic rings. The topological polar surface area (TPSA) is 38.3 Å². The third kappa shape index (κ3) is 3.89. The van der Waals surface area contributed by atoms with E-state index in [-0.39, 0.29) is 0 Å². The number of halogens is 3. The lowest BCUT2D eigenvalue weighted by molar-refractivity contribution is -0.137. The van der Waals surface area contributed by atoms with E-state index in [0.717, 1.165) is 12.1 Å². The Bertz CT molecular complexity index is 449. The van der Waals surface area contributed by atoms with Crippen LogP contribution >= 0.6 is 0 Å². The predicted molar refractivity (Wildman–Crippen MR) is 60.2 cm³/mol. The van der Waals surface area contributed by atoms with Gasteiger partial charge in [0.15, 0.2) is 0 Å². The maximum Gasteiger partial charge on any atom is 0.416 e. The Kier molecular flexibility index (Phi) is 4.49. The van der Waals surface area contributed by atoms with Crippen LogP contribution in [0.25, 0.3) is 5.57 Å². The first-order valence-corrected chi connectivity index (χ1v) is 5.03. The van der Waals surface area contributed by atoms with E-state index in [0.29, 0.717) is 11.1 Å². The van der Waals surface area contributed by atoms with E-state index in [4.69, 9.17) is 0 Å². The Morgan fingerprint density at radius 2 is 1.83 bits per heavy atom. The Balaban J connectivity index is 2.89. The summed E-state index contributed by atoms with van der Waals surface area (Å²) in [5, 5.41) is 0. The van der Waals surface area contributed by atoms with Gasteiger partial charge in [-0.25, -0.2) is 5.48 Å². The first-order chi connectivity index (χ1) is 8.34. The van der Waals surface area contributed by atoms with Crippen molar-refractivity contribution < 1.29 is 22.8 Å². The smallest absolute Gasteiger partial charge is 0.277 e. The van der Waals surface area contributed by atoms with Crippen molar-refractivity contribution in [2.75, 3.05) is 7.11 Å². The van der Waals surface area contributed by atoms with Crippen molar-refractivity contribution in [1.82, 2.24) is 5.48 Å². The molecule has 6 heteroatoms. The molecular formula is C12H12F3NO2. The van der Waals surface area contributed by atoms with Crippen LogP contribution in [0, 0.1) is 0 Å². The minimum absolute atomic E-state index is 0.477. The van der Waals surface area contributed by atoms with Gasteiger partial charge in [-0.2, -0.15) is 13.2 Å². The van der Waals surface area contributed by atoms with Crippen molar-refractivity contribution in [1.29, 1.82) is 0 Å². The number of rotatable bonds is 3. The van der Waals surface area contributed by atoms with E-state index in [1.54, 1.807) is 6.92 Å². The lowest BCUT2D eigenvalue weighted by atomic mass is 10.0. The van der Waals surface area contributed by atoms with Gasteiger partial charge >= 0.3 is 6.18 Å². The number of benzene rings is 1. The average molecular weight is 259 g/mol. The highest BCUT2D eigenvalue weighted by atomic mass is 19.4. The summed E-state index contributed by atoms with van der Waals surface area (Å²) in [5.74, 6) is -0.477. The molecule has 0 fully saturated rings. The molecule has 0 aliphatic carbocycles. The number of carbonyl (C=O) groups excluding carboxylic acids is 1. The van der Waals surface area contributed by atoms with E-state index in [1.807, 2.05) is 0 Å². The predicted octanol–water partition coefficient (Wildman–Crippen LogP) is 2.79. The van der Waals surface area contributed by atoms with Crippen LogP contribution in [0.4, 0.5) is 13.2 Å². The zero-order valence-corrected chi connectivity index (χ0v) is 9.84. The number of amides is 1. The van der Waals surface area contributed by atoms with E-state index in [2.05, 4.69) is 10.3 Å². The second-order valence-electron chi connectivity index (χ2n) is 3.57. The number of carbonyl (C=O) groups is 1. The minimum Gasteiger partial charge on any atom is -0.277 e. The van der Waals surface area contributed by atoms with E-state index >= 15 is 0 Å². The van der Waals surface area contributed by atoms with Crippen LogP contribution in [0.2, 0.25) is 0 Å². The van der Waals surface area contributed by atoms with Gasteiger partial charge < -0.3 is 0 Å². The summed E-state index contributed by atoms with van der Waals surface area (Å²) in [5.41, 5.74) is 2.44. The van der Waals surface area contributed by atoms with Gasteiger partial charge in [0.2, 0.25) is 0 Å². The normalized spacial score (nSPS) is 12.4. The average Bonchev–Trinajstić information content (AvgIpc) is 2.28. The Labute approximate surface area is 102 Å².